The van der Waals surface area contributed by atoms with Crippen LogP contribution in [0.25, 0.3) is 0 Å². The number of esters is 1. The number of ketones is 1. The van der Waals surface area contributed by atoms with Crippen LogP contribution in [0.4, 0.5) is 0 Å². The molecule has 4 nitrogen and oxygen atoms in total. The average Bonchev–Trinajstić information content (AvgIpc) is 3.06. The zero-order chi connectivity index (χ0) is 19.1. The van der Waals surface area contributed by atoms with Crippen molar-refractivity contribution < 1.29 is 18.7 Å². The third kappa shape index (κ3) is 3.15. The summed E-state index contributed by atoms with van der Waals surface area (Å²) in [7, 11) is 0. The highest BCUT2D eigenvalue weighted by Crippen LogP contribution is 2.60. The van der Waals surface area contributed by atoms with Crippen LogP contribution < -0.4 is 0 Å². The zero-order valence-corrected chi connectivity index (χ0v) is 16.6. The second-order valence-electron chi connectivity index (χ2n) is 8.79. The molecule has 142 valence electrons. The number of aryl methyl sites for hydroxylation is 1. The van der Waals surface area contributed by atoms with Crippen LogP contribution in [0.1, 0.15) is 65.9 Å². The molecular weight excluding hydrogens is 328 g/mol. The van der Waals surface area contributed by atoms with Gasteiger partial charge in [0.25, 0.3) is 0 Å². The zero-order valence-electron chi connectivity index (χ0n) is 16.6. The molecule has 3 atom stereocenters. The van der Waals surface area contributed by atoms with Gasteiger partial charge < -0.3 is 9.15 Å². The van der Waals surface area contributed by atoms with Crippen LogP contribution in [0.15, 0.2) is 34.2 Å². The van der Waals surface area contributed by atoms with Crippen LogP contribution in [0.2, 0.25) is 0 Å². The van der Waals surface area contributed by atoms with Gasteiger partial charge in [-0.25, -0.2) is 0 Å². The molecule has 1 aromatic heterocycles. The van der Waals surface area contributed by atoms with E-state index in [1.165, 1.54) is 12.5 Å². The molecular formula is C22H30O4. The number of fused-ring (bicyclic) bond motifs is 1. The first-order valence-electron chi connectivity index (χ1n) is 9.58. The van der Waals surface area contributed by atoms with Crippen molar-refractivity contribution in [3.05, 3.63) is 35.3 Å². The first-order valence-corrected chi connectivity index (χ1v) is 9.58. The Morgan fingerprint density at radius 3 is 2.65 bits per heavy atom. The Morgan fingerprint density at radius 1 is 1.31 bits per heavy atom. The minimum absolute atomic E-state index is 0.0259. The molecule has 2 aliphatic carbocycles. The van der Waals surface area contributed by atoms with Crippen molar-refractivity contribution in [2.75, 3.05) is 0 Å². The smallest absolute Gasteiger partial charge is 0.302 e. The maximum absolute atomic E-state index is 12.8. The van der Waals surface area contributed by atoms with E-state index >= 15 is 0 Å². The maximum Gasteiger partial charge on any atom is 0.302 e. The Hall–Kier alpha value is -1.84. The second kappa shape index (κ2) is 6.71. The van der Waals surface area contributed by atoms with E-state index in [9.17, 15) is 9.59 Å². The van der Waals surface area contributed by atoms with Crippen molar-refractivity contribution in [2.24, 2.45) is 16.7 Å². The van der Waals surface area contributed by atoms with Crippen LogP contribution in [-0.2, 0) is 20.7 Å². The van der Waals surface area contributed by atoms with Crippen molar-refractivity contribution in [2.45, 2.75) is 72.8 Å². The van der Waals surface area contributed by atoms with Crippen molar-refractivity contribution in [3.8, 4) is 0 Å². The van der Waals surface area contributed by atoms with Gasteiger partial charge in [0.05, 0.1) is 12.5 Å². The molecule has 0 bridgehead atoms. The van der Waals surface area contributed by atoms with Gasteiger partial charge in [-0.1, -0.05) is 26.3 Å². The highest BCUT2D eigenvalue weighted by Gasteiger charge is 2.56. The van der Waals surface area contributed by atoms with E-state index in [4.69, 9.17) is 9.15 Å². The first-order chi connectivity index (χ1) is 12.2. The van der Waals surface area contributed by atoms with Gasteiger partial charge >= 0.3 is 5.97 Å². The van der Waals surface area contributed by atoms with E-state index in [1.54, 1.807) is 12.5 Å². The van der Waals surface area contributed by atoms with Crippen LogP contribution in [0.5, 0.6) is 0 Å². The highest BCUT2D eigenvalue weighted by atomic mass is 16.5. The number of allylic oxidation sites excluding steroid dienone is 2. The fourth-order valence-electron chi connectivity index (χ4n) is 5.40. The molecule has 2 aliphatic rings. The topological polar surface area (TPSA) is 56.5 Å². The summed E-state index contributed by atoms with van der Waals surface area (Å²) < 4.78 is 10.8. The summed E-state index contributed by atoms with van der Waals surface area (Å²) in [6.07, 6.45) is 7.44. The summed E-state index contributed by atoms with van der Waals surface area (Å²) in [5.74, 6) is 0.190. The summed E-state index contributed by atoms with van der Waals surface area (Å²) >= 11 is 0. The maximum atomic E-state index is 12.8. The number of carbonyl (C=O) groups is 2. The monoisotopic (exact) mass is 358 g/mol. The quantitative estimate of drug-likeness (QED) is 0.720. The summed E-state index contributed by atoms with van der Waals surface area (Å²) in [6.45, 7) is 10.1. The van der Waals surface area contributed by atoms with E-state index < -0.39 is 0 Å². The fourth-order valence-corrected chi connectivity index (χ4v) is 5.40. The lowest BCUT2D eigenvalue weighted by molar-refractivity contribution is -0.167. The van der Waals surface area contributed by atoms with Crippen molar-refractivity contribution in [3.63, 3.8) is 0 Å². The van der Waals surface area contributed by atoms with E-state index in [0.717, 1.165) is 36.8 Å². The van der Waals surface area contributed by atoms with Gasteiger partial charge in [-0.2, -0.15) is 0 Å². The van der Waals surface area contributed by atoms with Gasteiger partial charge in [0.2, 0.25) is 0 Å². The van der Waals surface area contributed by atoms with Crippen molar-refractivity contribution in [1.29, 1.82) is 0 Å². The standard InChI is InChI=1S/C22H30O4/c1-14-17(7-6-16-9-11-25-13-16)22(5)10-8-20(26-15(2)23)21(3,4)19(22)12-18(14)24/h9,11,13,19-20H,6-8,10,12H2,1-5H3. The summed E-state index contributed by atoms with van der Waals surface area (Å²) in [5.41, 5.74) is 3.14. The summed E-state index contributed by atoms with van der Waals surface area (Å²) in [6, 6.07) is 1.99. The molecule has 0 aliphatic heterocycles. The van der Waals surface area contributed by atoms with Crippen LogP contribution in [0, 0.1) is 16.7 Å². The van der Waals surface area contributed by atoms with Gasteiger partial charge in [0.1, 0.15) is 6.10 Å². The Kier molecular flexibility index (Phi) is 4.89. The van der Waals surface area contributed by atoms with Crippen LogP contribution in [-0.4, -0.2) is 17.9 Å². The molecule has 4 heteroatoms. The molecule has 0 N–H and O–H groups in total. The molecule has 1 heterocycles. The third-order valence-corrected chi connectivity index (χ3v) is 6.92. The average molecular weight is 358 g/mol. The molecule has 3 unspecified atom stereocenters. The number of ether oxygens (including phenoxy) is 1. The number of hydrogen-bond acceptors (Lipinski definition) is 4. The Balaban J connectivity index is 1.92. The van der Waals surface area contributed by atoms with E-state index in [1.807, 2.05) is 13.0 Å². The van der Waals surface area contributed by atoms with Crippen LogP contribution in [0.3, 0.4) is 0 Å². The minimum atomic E-state index is -0.235. The van der Waals surface area contributed by atoms with Crippen LogP contribution >= 0.6 is 0 Å². The molecule has 0 amide bonds. The fraction of sp³-hybridized carbons (Fsp3) is 0.636. The van der Waals surface area contributed by atoms with E-state index in [0.29, 0.717) is 6.42 Å². The predicted octanol–water partition coefficient (Wildman–Crippen LogP) is 4.88. The normalized spacial score (nSPS) is 30.9. The molecule has 3 rings (SSSR count). The number of hydrogen-bond donors (Lipinski definition) is 0. The summed E-state index contributed by atoms with van der Waals surface area (Å²) in [4.78, 5) is 24.3. The lowest BCUT2D eigenvalue weighted by Crippen LogP contribution is -2.54. The molecule has 0 saturated heterocycles. The first kappa shape index (κ1) is 18.9. The Morgan fingerprint density at radius 2 is 2.04 bits per heavy atom. The molecule has 1 fully saturated rings. The number of rotatable bonds is 4. The van der Waals surface area contributed by atoms with Crippen molar-refractivity contribution >= 4 is 11.8 Å². The molecule has 1 saturated carbocycles. The molecule has 0 aromatic carbocycles. The van der Waals surface area contributed by atoms with Gasteiger partial charge in [0, 0.05) is 18.8 Å². The SMILES string of the molecule is CC(=O)OC1CCC2(C)C(CCc3ccoc3)=C(C)C(=O)CC2C1(C)C. The minimum Gasteiger partial charge on any atom is -0.472 e. The highest BCUT2D eigenvalue weighted by molar-refractivity contribution is 5.97. The molecule has 0 radical (unpaired) electrons. The number of furan rings is 1. The number of Topliss-reactive ketones (excluding diaryl/α,β-unsaturated/α-hetero) is 1. The lowest BCUT2D eigenvalue weighted by atomic mass is 9.48. The summed E-state index contributed by atoms with van der Waals surface area (Å²) in [5, 5.41) is 0. The Bertz CT molecular complexity index is 725. The van der Waals surface area contributed by atoms with E-state index in [2.05, 4.69) is 20.8 Å². The third-order valence-electron chi connectivity index (χ3n) is 6.92. The van der Waals surface area contributed by atoms with Gasteiger partial charge in [-0.15, -0.1) is 0 Å². The van der Waals surface area contributed by atoms with Crippen molar-refractivity contribution in [1.82, 2.24) is 0 Å². The largest absolute Gasteiger partial charge is 0.472 e. The lowest BCUT2D eigenvalue weighted by Gasteiger charge is -2.57. The van der Waals surface area contributed by atoms with E-state index in [-0.39, 0.29) is 34.6 Å². The molecule has 26 heavy (non-hydrogen) atoms. The van der Waals surface area contributed by atoms with Gasteiger partial charge in [-0.05, 0) is 61.1 Å². The molecule has 1 aromatic rings. The predicted molar refractivity (Wildman–Crippen MR) is 99.5 cm³/mol. The molecule has 0 spiro atoms. The number of carbonyl (C=O) groups excluding carboxylic acids is 2. The van der Waals surface area contributed by atoms with Gasteiger partial charge in [-0.3, -0.25) is 9.59 Å². The second-order valence-corrected chi connectivity index (χ2v) is 8.79. The Labute approximate surface area is 156 Å². The van der Waals surface area contributed by atoms with Gasteiger partial charge in [0.15, 0.2) is 5.78 Å².